The molecule has 0 bridgehead atoms. The van der Waals surface area contributed by atoms with Gasteiger partial charge in [-0.15, -0.1) is 0 Å². The van der Waals surface area contributed by atoms with Gasteiger partial charge in [-0.2, -0.15) is 0 Å². The Balaban J connectivity index is 2.64. The first-order valence-electron chi connectivity index (χ1n) is 5.01. The van der Waals surface area contributed by atoms with E-state index in [1.165, 1.54) is 0 Å². The Kier molecular flexibility index (Phi) is 5.08. The van der Waals surface area contributed by atoms with Gasteiger partial charge in [0.25, 0.3) is 0 Å². The third-order valence-corrected chi connectivity index (χ3v) is 2.94. The van der Waals surface area contributed by atoms with Crippen molar-refractivity contribution in [2.75, 3.05) is 32.5 Å². The van der Waals surface area contributed by atoms with Crippen LogP contribution in [0.3, 0.4) is 0 Å². The monoisotopic (exact) mass is 271 g/mol. The fourth-order valence-corrected chi connectivity index (χ4v) is 1.87. The van der Waals surface area contributed by atoms with Gasteiger partial charge in [0.2, 0.25) is 0 Å². The molecule has 1 aromatic carbocycles. The van der Waals surface area contributed by atoms with Gasteiger partial charge in [-0.3, -0.25) is 0 Å². The number of nitrogens with zero attached hydrogens (tertiary/aromatic N) is 1. The maximum absolute atomic E-state index is 5.70. The van der Waals surface area contributed by atoms with Crippen molar-refractivity contribution < 1.29 is 0 Å². The highest BCUT2D eigenvalue weighted by atomic mass is 79.9. The highest BCUT2D eigenvalue weighted by molar-refractivity contribution is 9.10. The van der Waals surface area contributed by atoms with Crippen molar-refractivity contribution in [3.8, 4) is 0 Å². The maximum Gasteiger partial charge on any atom is 0.0397 e. The molecule has 84 valence electrons. The van der Waals surface area contributed by atoms with Crippen molar-refractivity contribution in [1.82, 2.24) is 4.90 Å². The summed E-state index contributed by atoms with van der Waals surface area (Å²) in [6.45, 7) is 2.48. The molecule has 0 fully saturated rings. The van der Waals surface area contributed by atoms with Crippen LogP contribution < -0.4 is 11.1 Å². The summed E-state index contributed by atoms with van der Waals surface area (Å²) in [5.74, 6) is 0. The first kappa shape index (κ1) is 12.5. The summed E-state index contributed by atoms with van der Waals surface area (Å²) >= 11 is 3.50. The van der Waals surface area contributed by atoms with Gasteiger partial charge < -0.3 is 16.0 Å². The summed E-state index contributed by atoms with van der Waals surface area (Å²) in [7, 11) is 4.12. The van der Waals surface area contributed by atoms with Gasteiger partial charge in [-0.05, 0) is 26.2 Å². The second kappa shape index (κ2) is 6.10. The van der Waals surface area contributed by atoms with E-state index in [0.29, 0.717) is 6.54 Å². The Labute approximate surface area is 99.8 Å². The number of nitrogens with one attached hydrogen (secondary N) is 1. The predicted octanol–water partition coefficient (Wildman–Crippen LogP) is 1.88. The number of hydrogen-bond acceptors (Lipinski definition) is 3. The molecule has 0 atom stereocenters. The van der Waals surface area contributed by atoms with E-state index in [0.717, 1.165) is 28.8 Å². The van der Waals surface area contributed by atoms with Crippen LogP contribution in [-0.2, 0) is 6.54 Å². The molecule has 3 nitrogen and oxygen atoms in total. The lowest BCUT2D eigenvalue weighted by Gasteiger charge is -2.14. The smallest absolute Gasteiger partial charge is 0.0397 e. The van der Waals surface area contributed by atoms with E-state index in [4.69, 9.17) is 5.73 Å². The molecule has 0 aliphatic rings. The average molecular weight is 272 g/mol. The van der Waals surface area contributed by atoms with E-state index in [1.54, 1.807) is 0 Å². The minimum absolute atomic E-state index is 0.547. The molecule has 0 spiro atoms. The molecule has 1 aromatic rings. The Morgan fingerprint density at radius 3 is 2.73 bits per heavy atom. The van der Waals surface area contributed by atoms with E-state index < -0.39 is 0 Å². The van der Waals surface area contributed by atoms with Gasteiger partial charge in [0.05, 0.1) is 0 Å². The Bertz CT molecular complexity index is 313. The zero-order chi connectivity index (χ0) is 11.3. The minimum atomic E-state index is 0.547. The number of benzene rings is 1. The second-order valence-corrected chi connectivity index (χ2v) is 4.55. The Morgan fingerprint density at radius 1 is 1.40 bits per heavy atom. The lowest BCUT2D eigenvalue weighted by Crippen LogP contribution is -2.21. The van der Waals surface area contributed by atoms with Crippen LogP contribution in [0.4, 0.5) is 5.69 Å². The van der Waals surface area contributed by atoms with Gasteiger partial charge >= 0.3 is 0 Å². The average Bonchev–Trinajstić information content (AvgIpc) is 2.17. The van der Waals surface area contributed by atoms with E-state index in [2.05, 4.69) is 46.3 Å². The van der Waals surface area contributed by atoms with Gasteiger partial charge in [-0.25, -0.2) is 0 Å². The van der Waals surface area contributed by atoms with Crippen molar-refractivity contribution in [3.05, 3.63) is 28.2 Å². The lowest BCUT2D eigenvalue weighted by molar-refractivity contribution is 0.425. The summed E-state index contributed by atoms with van der Waals surface area (Å²) in [6.07, 6.45) is 0. The molecular formula is C11H18BrN3. The predicted molar refractivity (Wildman–Crippen MR) is 69.1 cm³/mol. The molecule has 3 N–H and O–H groups in total. The quantitative estimate of drug-likeness (QED) is 0.860. The molecule has 4 heteroatoms. The Hall–Kier alpha value is -0.580. The summed E-state index contributed by atoms with van der Waals surface area (Å²) in [5.41, 5.74) is 7.96. The molecule has 0 aliphatic carbocycles. The van der Waals surface area contributed by atoms with Gasteiger partial charge in [0, 0.05) is 35.4 Å². The SMILES string of the molecule is CN(C)CCNc1cccc(Br)c1CN. The molecule has 1 rings (SSSR count). The van der Waals surface area contributed by atoms with Gasteiger partial charge in [0.15, 0.2) is 0 Å². The lowest BCUT2D eigenvalue weighted by atomic mass is 10.2. The number of hydrogen-bond donors (Lipinski definition) is 2. The van der Waals surface area contributed by atoms with E-state index in [-0.39, 0.29) is 0 Å². The fraction of sp³-hybridized carbons (Fsp3) is 0.455. The molecule has 0 radical (unpaired) electrons. The third kappa shape index (κ3) is 3.81. The van der Waals surface area contributed by atoms with Crippen LogP contribution >= 0.6 is 15.9 Å². The van der Waals surface area contributed by atoms with E-state index in [1.807, 2.05) is 12.1 Å². The molecule has 0 aliphatic heterocycles. The van der Waals surface area contributed by atoms with Crippen LogP contribution in [0.1, 0.15) is 5.56 Å². The van der Waals surface area contributed by atoms with Crippen molar-refractivity contribution in [2.24, 2.45) is 5.73 Å². The van der Waals surface area contributed by atoms with Crippen LogP contribution in [-0.4, -0.2) is 32.1 Å². The van der Waals surface area contributed by atoms with E-state index in [9.17, 15) is 0 Å². The summed E-state index contributed by atoms with van der Waals surface area (Å²) in [6, 6.07) is 6.09. The van der Waals surface area contributed by atoms with Crippen LogP contribution in [0, 0.1) is 0 Å². The normalized spacial score (nSPS) is 10.7. The molecule has 0 unspecified atom stereocenters. The molecular weight excluding hydrogens is 254 g/mol. The standard InChI is InChI=1S/C11H18BrN3/c1-15(2)7-6-14-11-5-3-4-10(12)9(11)8-13/h3-5,14H,6-8,13H2,1-2H3. The molecule has 15 heavy (non-hydrogen) atoms. The van der Waals surface area contributed by atoms with Crippen LogP contribution in [0.15, 0.2) is 22.7 Å². The number of halogens is 1. The third-order valence-electron chi connectivity index (χ3n) is 2.20. The highest BCUT2D eigenvalue weighted by Gasteiger charge is 2.03. The largest absolute Gasteiger partial charge is 0.383 e. The van der Waals surface area contributed by atoms with Crippen molar-refractivity contribution in [1.29, 1.82) is 0 Å². The van der Waals surface area contributed by atoms with Crippen molar-refractivity contribution in [3.63, 3.8) is 0 Å². The first-order chi connectivity index (χ1) is 7.15. The van der Waals surface area contributed by atoms with Crippen LogP contribution in [0.25, 0.3) is 0 Å². The molecule has 0 amide bonds. The fourth-order valence-electron chi connectivity index (χ4n) is 1.35. The molecule has 0 saturated carbocycles. The van der Waals surface area contributed by atoms with Gasteiger partial charge in [-0.1, -0.05) is 22.0 Å². The zero-order valence-corrected chi connectivity index (χ0v) is 10.8. The summed E-state index contributed by atoms with van der Waals surface area (Å²) < 4.78 is 1.07. The molecule has 0 saturated heterocycles. The van der Waals surface area contributed by atoms with Crippen molar-refractivity contribution in [2.45, 2.75) is 6.54 Å². The topological polar surface area (TPSA) is 41.3 Å². The minimum Gasteiger partial charge on any atom is -0.383 e. The zero-order valence-electron chi connectivity index (χ0n) is 9.26. The number of nitrogens with two attached hydrogens (primary N) is 1. The second-order valence-electron chi connectivity index (χ2n) is 3.70. The number of likely N-dealkylation sites (N-methyl/N-ethyl adjacent to an activating group) is 1. The number of anilines is 1. The Morgan fingerprint density at radius 2 is 2.13 bits per heavy atom. The van der Waals surface area contributed by atoms with E-state index >= 15 is 0 Å². The molecule has 0 heterocycles. The van der Waals surface area contributed by atoms with Crippen molar-refractivity contribution >= 4 is 21.6 Å². The highest BCUT2D eigenvalue weighted by Crippen LogP contribution is 2.23. The summed E-state index contributed by atoms with van der Waals surface area (Å²) in [5, 5.41) is 3.38. The first-order valence-corrected chi connectivity index (χ1v) is 5.80. The maximum atomic E-state index is 5.70. The van der Waals surface area contributed by atoms with Gasteiger partial charge in [0.1, 0.15) is 0 Å². The number of rotatable bonds is 5. The van der Waals surface area contributed by atoms with Crippen LogP contribution in [0.2, 0.25) is 0 Å². The summed E-state index contributed by atoms with van der Waals surface area (Å²) in [4.78, 5) is 2.15. The molecule has 0 aromatic heterocycles. The van der Waals surface area contributed by atoms with Crippen LogP contribution in [0.5, 0.6) is 0 Å².